The third-order valence-electron chi connectivity index (χ3n) is 2.89. The molecule has 2 N–H and O–H groups in total. The molecule has 0 atom stereocenters. The van der Waals surface area contributed by atoms with Gasteiger partial charge in [-0.15, -0.1) is 0 Å². The molecule has 1 heterocycles. The molecule has 0 unspecified atom stereocenters. The third kappa shape index (κ3) is 3.50. The van der Waals surface area contributed by atoms with Crippen molar-refractivity contribution in [2.75, 3.05) is 13.7 Å². The number of aryl methyl sites for hydroxylation is 1. The molecule has 2 aromatic rings. The zero-order valence-electron chi connectivity index (χ0n) is 11.2. The Morgan fingerprint density at radius 2 is 2.35 bits per heavy atom. The van der Waals surface area contributed by atoms with E-state index in [0.717, 1.165) is 13.0 Å². The van der Waals surface area contributed by atoms with E-state index in [1.807, 2.05) is 10.8 Å². The summed E-state index contributed by atoms with van der Waals surface area (Å²) in [5, 5.41) is 12.4. The van der Waals surface area contributed by atoms with E-state index in [4.69, 9.17) is 4.74 Å². The van der Waals surface area contributed by atoms with Crippen LogP contribution in [-0.4, -0.2) is 34.2 Å². The van der Waals surface area contributed by atoms with Gasteiger partial charge in [0.25, 0.3) is 5.91 Å². The minimum absolute atomic E-state index is 0.0575. The Balaban J connectivity index is 1.85. The maximum atomic E-state index is 11.9. The SMILES string of the molecule is COc1ccc(O)c(C(=O)NCCCn2ccnc2)c1. The number of benzene rings is 1. The molecule has 106 valence electrons. The van der Waals surface area contributed by atoms with Crippen LogP contribution in [0.4, 0.5) is 0 Å². The summed E-state index contributed by atoms with van der Waals surface area (Å²) in [5.74, 6) is 0.163. The van der Waals surface area contributed by atoms with Crippen LogP contribution in [0.1, 0.15) is 16.8 Å². The van der Waals surface area contributed by atoms with Gasteiger partial charge in [0, 0.05) is 25.5 Å². The smallest absolute Gasteiger partial charge is 0.255 e. The van der Waals surface area contributed by atoms with E-state index in [9.17, 15) is 9.90 Å². The Morgan fingerprint density at radius 3 is 3.05 bits per heavy atom. The molecule has 0 bridgehead atoms. The van der Waals surface area contributed by atoms with Crippen LogP contribution in [0.2, 0.25) is 0 Å². The normalized spacial score (nSPS) is 10.2. The van der Waals surface area contributed by atoms with Crippen molar-refractivity contribution < 1.29 is 14.6 Å². The molecular weight excluding hydrogens is 258 g/mol. The van der Waals surface area contributed by atoms with Gasteiger partial charge in [0.05, 0.1) is 19.0 Å². The number of hydrogen-bond acceptors (Lipinski definition) is 4. The van der Waals surface area contributed by atoms with Gasteiger partial charge in [-0.2, -0.15) is 0 Å². The van der Waals surface area contributed by atoms with Crippen LogP contribution in [0.25, 0.3) is 0 Å². The number of rotatable bonds is 6. The number of phenolic OH excluding ortho intramolecular Hbond substituents is 1. The van der Waals surface area contributed by atoms with Crippen LogP contribution in [0, 0.1) is 0 Å². The summed E-state index contributed by atoms with van der Waals surface area (Å²) >= 11 is 0. The Kier molecular flexibility index (Phi) is 4.60. The molecular formula is C14H17N3O3. The van der Waals surface area contributed by atoms with E-state index in [1.54, 1.807) is 18.6 Å². The molecule has 0 fully saturated rings. The largest absolute Gasteiger partial charge is 0.507 e. The van der Waals surface area contributed by atoms with Crippen molar-refractivity contribution in [2.24, 2.45) is 0 Å². The fourth-order valence-electron chi connectivity index (χ4n) is 1.80. The molecule has 0 spiro atoms. The van der Waals surface area contributed by atoms with Crippen LogP contribution in [0.3, 0.4) is 0 Å². The third-order valence-corrected chi connectivity index (χ3v) is 2.89. The molecule has 6 nitrogen and oxygen atoms in total. The minimum atomic E-state index is -0.313. The lowest BCUT2D eigenvalue weighted by molar-refractivity contribution is 0.0949. The first-order valence-corrected chi connectivity index (χ1v) is 6.31. The highest BCUT2D eigenvalue weighted by Crippen LogP contribution is 2.22. The number of nitrogens with zero attached hydrogens (tertiary/aromatic N) is 2. The first-order valence-electron chi connectivity index (χ1n) is 6.31. The van der Waals surface area contributed by atoms with Crippen LogP contribution in [0.5, 0.6) is 11.5 Å². The van der Waals surface area contributed by atoms with Gasteiger partial charge >= 0.3 is 0 Å². The molecule has 0 aliphatic carbocycles. The van der Waals surface area contributed by atoms with Gasteiger partial charge in [-0.3, -0.25) is 4.79 Å². The number of imidazole rings is 1. The molecule has 0 aliphatic rings. The zero-order valence-corrected chi connectivity index (χ0v) is 11.2. The van der Waals surface area contributed by atoms with E-state index in [1.165, 1.54) is 19.2 Å². The summed E-state index contributed by atoms with van der Waals surface area (Å²) in [6.07, 6.45) is 6.10. The van der Waals surface area contributed by atoms with E-state index in [-0.39, 0.29) is 17.2 Å². The highest BCUT2D eigenvalue weighted by molar-refractivity contribution is 5.97. The van der Waals surface area contributed by atoms with Gasteiger partial charge in [0.2, 0.25) is 0 Å². The lowest BCUT2D eigenvalue weighted by Gasteiger charge is -2.08. The fraction of sp³-hybridized carbons (Fsp3) is 0.286. The number of aromatic nitrogens is 2. The van der Waals surface area contributed by atoms with Crippen molar-refractivity contribution in [1.29, 1.82) is 0 Å². The average Bonchev–Trinajstić information content (AvgIpc) is 2.97. The fourth-order valence-corrected chi connectivity index (χ4v) is 1.80. The second kappa shape index (κ2) is 6.60. The Bertz CT molecular complexity index is 567. The van der Waals surface area contributed by atoms with Gasteiger partial charge in [-0.25, -0.2) is 4.98 Å². The summed E-state index contributed by atoms with van der Waals surface area (Å²) < 4.78 is 6.97. The van der Waals surface area contributed by atoms with Crippen molar-refractivity contribution in [3.8, 4) is 11.5 Å². The number of carbonyl (C=O) groups is 1. The Morgan fingerprint density at radius 1 is 1.50 bits per heavy atom. The number of nitrogens with one attached hydrogen (secondary N) is 1. The maximum Gasteiger partial charge on any atom is 0.255 e. The number of aromatic hydroxyl groups is 1. The van der Waals surface area contributed by atoms with Crippen LogP contribution < -0.4 is 10.1 Å². The molecule has 20 heavy (non-hydrogen) atoms. The first kappa shape index (κ1) is 13.9. The number of methoxy groups -OCH3 is 1. The zero-order chi connectivity index (χ0) is 14.4. The predicted octanol–water partition coefficient (Wildman–Crippen LogP) is 1.42. The van der Waals surface area contributed by atoms with E-state index in [2.05, 4.69) is 10.3 Å². The van der Waals surface area contributed by atoms with Crippen molar-refractivity contribution in [3.63, 3.8) is 0 Å². The van der Waals surface area contributed by atoms with Gasteiger partial charge in [-0.05, 0) is 24.6 Å². The van der Waals surface area contributed by atoms with Crippen LogP contribution in [0.15, 0.2) is 36.9 Å². The number of carbonyl (C=O) groups excluding carboxylic acids is 1. The lowest BCUT2D eigenvalue weighted by atomic mass is 10.1. The molecule has 6 heteroatoms. The predicted molar refractivity (Wildman–Crippen MR) is 73.8 cm³/mol. The number of amides is 1. The first-order chi connectivity index (χ1) is 9.70. The van der Waals surface area contributed by atoms with E-state index in [0.29, 0.717) is 12.3 Å². The van der Waals surface area contributed by atoms with Crippen LogP contribution in [-0.2, 0) is 6.54 Å². The number of ether oxygens (including phenoxy) is 1. The average molecular weight is 275 g/mol. The van der Waals surface area contributed by atoms with Gasteiger partial charge < -0.3 is 19.7 Å². The summed E-state index contributed by atoms with van der Waals surface area (Å²) in [6.45, 7) is 1.30. The summed E-state index contributed by atoms with van der Waals surface area (Å²) in [7, 11) is 1.51. The van der Waals surface area contributed by atoms with Crippen molar-refractivity contribution in [2.45, 2.75) is 13.0 Å². The van der Waals surface area contributed by atoms with Crippen molar-refractivity contribution in [1.82, 2.24) is 14.9 Å². The van der Waals surface area contributed by atoms with Crippen molar-refractivity contribution in [3.05, 3.63) is 42.5 Å². The van der Waals surface area contributed by atoms with Crippen LogP contribution >= 0.6 is 0 Å². The van der Waals surface area contributed by atoms with Crippen molar-refractivity contribution >= 4 is 5.91 Å². The second-order valence-electron chi connectivity index (χ2n) is 4.29. The molecule has 0 saturated carbocycles. The van der Waals surface area contributed by atoms with E-state index < -0.39 is 0 Å². The summed E-state index contributed by atoms with van der Waals surface area (Å²) in [5.41, 5.74) is 0.215. The minimum Gasteiger partial charge on any atom is -0.507 e. The Hall–Kier alpha value is -2.50. The highest BCUT2D eigenvalue weighted by Gasteiger charge is 2.11. The molecule has 0 aliphatic heterocycles. The standard InChI is InChI=1S/C14H17N3O3/c1-20-11-3-4-13(18)12(9-11)14(19)16-5-2-7-17-8-6-15-10-17/h3-4,6,8-10,18H,2,5,7H2,1H3,(H,16,19). The maximum absolute atomic E-state index is 11.9. The van der Waals surface area contributed by atoms with Gasteiger partial charge in [0.1, 0.15) is 11.5 Å². The molecule has 1 aromatic carbocycles. The highest BCUT2D eigenvalue weighted by atomic mass is 16.5. The van der Waals surface area contributed by atoms with Gasteiger partial charge in [-0.1, -0.05) is 0 Å². The number of hydrogen-bond donors (Lipinski definition) is 2. The summed E-state index contributed by atoms with van der Waals surface area (Å²) in [6, 6.07) is 4.56. The monoisotopic (exact) mass is 275 g/mol. The molecule has 0 saturated heterocycles. The second-order valence-corrected chi connectivity index (χ2v) is 4.29. The van der Waals surface area contributed by atoms with Gasteiger partial charge in [0.15, 0.2) is 0 Å². The quantitative estimate of drug-likeness (QED) is 0.782. The topological polar surface area (TPSA) is 76.4 Å². The molecule has 2 rings (SSSR count). The Labute approximate surface area is 117 Å². The summed E-state index contributed by atoms with van der Waals surface area (Å²) in [4.78, 5) is 15.9. The number of phenols is 1. The molecule has 0 radical (unpaired) electrons. The lowest BCUT2D eigenvalue weighted by Crippen LogP contribution is -2.25. The molecule has 1 aromatic heterocycles. The molecule has 1 amide bonds. The van der Waals surface area contributed by atoms with E-state index >= 15 is 0 Å².